The fourth-order valence-corrected chi connectivity index (χ4v) is 2.98. The number of carbonyl (C=O) groups is 1. The van der Waals surface area contributed by atoms with Crippen LogP contribution in [-0.2, 0) is 11.2 Å². The van der Waals surface area contributed by atoms with E-state index in [-0.39, 0.29) is 18.3 Å². The van der Waals surface area contributed by atoms with Crippen LogP contribution in [0.15, 0.2) is 24.3 Å². The molecule has 0 radical (unpaired) electrons. The van der Waals surface area contributed by atoms with Crippen LogP contribution in [-0.4, -0.2) is 31.6 Å². The van der Waals surface area contributed by atoms with Crippen molar-refractivity contribution in [1.82, 2.24) is 10.3 Å². The van der Waals surface area contributed by atoms with E-state index in [9.17, 15) is 4.79 Å². The van der Waals surface area contributed by atoms with Gasteiger partial charge < -0.3 is 15.4 Å². The highest BCUT2D eigenvalue weighted by molar-refractivity contribution is 7.16. The summed E-state index contributed by atoms with van der Waals surface area (Å²) in [6.07, 6.45) is 1.32. The molecule has 1 amide bonds. The van der Waals surface area contributed by atoms with Gasteiger partial charge in [0, 0.05) is 23.4 Å². The molecule has 5 nitrogen and oxygen atoms in total. The molecule has 126 valence electrons. The smallest absolute Gasteiger partial charge is 0.227 e. The molecule has 0 saturated heterocycles. The minimum absolute atomic E-state index is 0. The molecule has 0 saturated carbocycles. The van der Waals surface area contributed by atoms with Crippen molar-refractivity contribution in [2.75, 3.05) is 26.0 Å². The topological polar surface area (TPSA) is 63.2 Å². The third-order valence-electron chi connectivity index (χ3n) is 3.23. The Kier molecular flexibility index (Phi) is 8.02. The lowest BCUT2D eigenvalue weighted by Crippen LogP contribution is -2.18. The van der Waals surface area contributed by atoms with E-state index >= 15 is 0 Å². The van der Waals surface area contributed by atoms with Gasteiger partial charge in [0.2, 0.25) is 5.91 Å². The van der Waals surface area contributed by atoms with Crippen LogP contribution >= 0.6 is 23.7 Å². The predicted molar refractivity (Wildman–Crippen MR) is 97.9 cm³/mol. The average molecular weight is 356 g/mol. The number of carbonyl (C=O) groups excluding carboxylic acids is 1. The Morgan fingerprint density at radius 1 is 1.30 bits per heavy atom. The van der Waals surface area contributed by atoms with Gasteiger partial charge in [0.15, 0.2) is 5.13 Å². The Morgan fingerprint density at radius 3 is 2.57 bits per heavy atom. The number of ether oxygens (including phenoxy) is 1. The van der Waals surface area contributed by atoms with Gasteiger partial charge in [0.05, 0.1) is 12.8 Å². The summed E-state index contributed by atoms with van der Waals surface area (Å²) in [4.78, 5) is 17.5. The number of hydrogen-bond donors (Lipinski definition) is 2. The maximum absolute atomic E-state index is 11.8. The highest BCUT2D eigenvalue weighted by atomic mass is 35.5. The number of methoxy groups -OCH3 is 1. The molecule has 0 aliphatic rings. The molecule has 2 aromatic rings. The van der Waals surface area contributed by atoms with Gasteiger partial charge in [-0.1, -0.05) is 6.92 Å². The number of nitrogens with zero attached hydrogens (tertiary/aromatic N) is 1. The molecule has 0 unspecified atom stereocenters. The second kappa shape index (κ2) is 9.50. The third-order valence-corrected chi connectivity index (χ3v) is 4.35. The van der Waals surface area contributed by atoms with Crippen molar-refractivity contribution in [2.45, 2.75) is 19.8 Å². The van der Waals surface area contributed by atoms with Gasteiger partial charge in [-0.15, -0.1) is 23.7 Å². The summed E-state index contributed by atoms with van der Waals surface area (Å²) in [5, 5.41) is 6.48. The van der Waals surface area contributed by atoms with Crippen LogP contribution in [0.1, 0.15) is 18.2 Å². The first kappa shape index (κ1) is 19.4. The number of aryl methyl sites for hydroxylation is 1. The molecule has 2 rings (SSSR count). The van der Waals surface area contributed by atoms with Gasteiger partial charge in [-0.05, 0) is 37.7 Å². The van der Waals surface area contributed by atoms with E-state index in [0.717, 1.165) is 28.3 Å². The van der Waals surface area contributed by atoms with Crippen molar-refractivity contribution in [3.63, 3.8) is 0 Å². The molecule has 0 spiro atoms. The van der Waals surface area contributed by atoms with Crippen molar-refractivity contribution in [3.8, 4) is 17.0 Å². The van der Waals surface area contributed by atoms with E-state index in [0.29, 0.717) is 18.1 Å². The summed E-state index contributed by atoms with van der Waals surface area (Å²) in [7, 11) is 3.47. The number of nitrogens with one attached hydrogen (secondary N) is 2. The minimum Gasteiger partial charge on any atom is -0.497 e. The standard InChI is InChI=1S/C16H21N3O2S.ClH/c1-4-13-15(11-5-7-12(21-3)8-6-11)19-16(22-13)18-14(20)9-10-17-2;/h5-8,17H,4,9-10H2,1-3H3,(H,18,19,20);1H. The number of benzene rings is 1. The molecule has 0 fully saturated rings. The lowest BCUT2D eigenvalue weighted by molar-refractivity contribution is -0.116. The molecule has 0 atom stereocenters. The number of aromatic nitrogens is 1. The maximum Gasteiger partial charge on any atom is 0.227 e. The third kappa shape index (κ3) is 5.20. The van der Waals surface area contributed by atoms with Crippen molar-refractivity contribution in [3.05, 3.63) is 29.1 Å². The molecule has 1 aromatic carbocycles. The summed E-state index contributed by atoms with van der Waals surface area (Å²) in [5.74, 6) is 0.796. The van der Waals surface area contributed by atoms with Gasteiger partial charge in [-0.2, -0.15) is 0 Å². The lowest BCUT2D eigenvalue weighted by atomic mass is 10.1. The van der Waals surface area contributed by atoms with E-state index < -0.39 is 0 Å². The number of amides is 1. The molecule has 0 aliphatic heterocycles. The Bertz CT molecular complexity index is 629. The lowest BCUT2D eigenvalue weighted by Gasteiger charge is -2.02. The Balaban J connectivity index is 0.00000264. The van der Waals surface area contributed by atoms with E-state index in [1.54, 1.807) is 7.11 Å². The highest BCUT2D eigenvalue weighted by Gasteiger charge is 2.13. The number of anilines is 1. The molecule has 23 heavy (non-hydrogen) atoms. The first-order valence-corrected chi connectivity index (χ1v) is 8.08. The van der Waals surface area contributed by atoms with Crippen molar-refractivity contribution in [1.29, 1.82) is 0 Å². The maximum atomic E-state index is 11.8. The van der Waals surface area contributed by atoms with Crippen molar-refractivity contribution in [2.24, 2.45) is 0 Å². The Labute approximate surface area is 146 Å². The summed E-state index contributed by atoms with van der Waals surface area (Å²) >= 11 is 1.53. The fraction of sp³-hybridized carbons (Fsp3) is 0.375. The van der Waals surface area contributed by atoms with Crippen LogP contribution in [0, 0.1) is 0 Å². The van der Waals surface area contributed by atoms with Crippen LogP contribution < -0.4 is 15.4 Å². The number of rotatable bonds is 7. The molecule has 1 aromatic heterocycles. The summed E-state index contributed by atoms with van der Waals surface area (Å²) in [6, 6.07) is 7.80. The van der Waals surface area contributed by atoms with E-state index in [1.807, 2.05) is 31.3 Å². The number of halogens is 1. The van der Waals surface area contributed by atoms with Crippen LogP contribution in [0.4, 0.5) is 5.13 Å². The van der Waals surface area contributed by atoms with Gasteiger partial charge in [-0.3, -0.25) is 4.79 Å². The van der Waals surface area contributed by atoms with Crippen LogP contribution in [0.3, 0.4) is 0 Å². The zero-order valence-electron chi connectivity index (χ0n) is 13.5. The first-order chi connectivity index (χ1) is 10.7. The Morgan fingerprint density at radius 2 is 2.00 bits per heavy atom. The molecular weight excluding hydrogens is 334 g/mol. The molecule has 0 bridgehead atoms. The van der Waals surface area contributed by atoms with Gasteiger partial charge >= 0.3 is 0 Å². The summed E-state index contributed by atoms with van der Waals surface area (Å²) < 4.78 is 5.18. The van der Waals surface area contributed by atoms with E-state index in [4.69, 9.17) is 4.74 Å². The predicted octanol–water partition coefficient (Wildman–Crippen LogP) is 3.35. The minimum atomic E-state index is -0.0213. The van der Waals surface area contributed by atoms with Crippen molar-refractivity contribution < 1.29 is 9.53 Å². The Hall–Kier alpha value is -1.63. The monoisotopic (exact) mass is 355 g/mol. The van der Waals surface area contributed by atoms with Gasteiger partial charge in [0.25, 0.3) is 0 Å². The zero-order chi connectivity index (χ0) is 15.9. The fourth-order valence-electron chi connectivity index (χ4n) is 2.04. The second-order valence-corrected chi connectivity index (χ2v) is 5.86. The largest absolute Gasteiger partial charge is 0.497 e. The SMILES string of the molecule is CCc1sc(NC(=O)CCNC)nc1-c1ccc(OC)cc1.Cl. The zero-order valence-corrected chi connectivity index (χ0v) is 15.1. The highest BCUT2D eigenvalue weighted by Crippen LogP contribution is 2.32. The molecule has 2 N–H and O–H groups in total. The van der Waals surface area contributed by atoms with Crippen molar-refractivity contribution >= 4 is 34.8 Å². The number of thiazole rings is 1. The molecule has 7 heteroatoms. The van der Waals surface area contributed by atoms with Gasteiger partial charge in [0.1, 0.15) is 5.75 Å². The van der Waals surface area contributed by atoms with Crippen LogP contribution in [0.5, 0.6) is 5.75 Å². The summed E-state index contributed by atoms with van der Waals surface area (Å²) in [5.41, 5.74) is 1.96. The summed E-state index contributed by atoms with van der Waals surface area (Å²) in [6.45, 7) is 2.75. The molecular formula is C16H22ClN3O2S. The average Bonchev–Trinajstić information content (AvgIpc) is 2.95. The van der Waals surface area contributed by atoms with Gasteiger partial charge in [-0.25, -0.2) is 4.98 Å². The molecule has 0 aliphatic carbocycles. The first-order valence-electron chi connectivity index (χ1n) is 7.26. The second-order valence-electron chi connectivity index (χ2n) is 4.77. The number of hydrogen-bond acceptors (Lipinski definition) is 5. The normalized spacial score (nSPS) is 10.0. The van der Waals surface area contributed by atoms with E-state index in [2.05, 4.69) is 22.5 Å². The molecule has 1 heterocycles. The van der Waals surface area contributed by atoms with Crippen LogP contribution in [0.2, 0.25) is 0 Å². The van der Waals surface area contributed by atoms with E-state index in [1.165, 1.54) is 11.3 Å². The quantitative estimate of drug-likeness (QED) is 0.799. The van der Waals surface area contributed by atoms with Crippen LogP contribution in [0.25, 0.3) is 11.3 Å².